The van der Waals surface area contributed by atoms with Crippen LogP contribution in [-0.2, 0) is 7.05 Å². The molecule has 8 heteroatoms. The summed E-state index contributed by atoms with van der Waals surface area (Å²) in [5, 5.41) is 20.3. The number of nitro benzene ring substituents is 1. The first-order valence-electron chi connectivity index (χ1n) is 5.77. The summed E-state index contributed by atoms with van der Waals surface area (Å²) in [6.45, 7) is 0. The Morgan fingerprint density at radius 2 is 2.15 bits per heavy atom. The molecule has 8 nitrogen and oxygen atoms in total. The van der Waals surface area contributed by atoms with E-state index in [0.29, 0.717) is 11.4 Å². The molecule has 1 aromatic carbocycles. The van der Waals surface area contributed by atoms with Crippen molar-refractivity contribution in [1.29, 1.82) is 0 Å². The van der Waals surface area contributed by atoms with Gasteiger partial charge in [0.1, 0.15) is 5.56 Å². The highest BCUT2D eigenvalue weighted by Gasteiger charge is 2.21. The van der Waals surface area contributed by atoms with Gasteiger partial charge in [0.25, 0.3) is 11.6 Å². The summed E-state index contributed by atoms with van der Waals surface area (Å²) in [6.07, 6.45) is 3.07. The Morgan fingerprint density at radius 1 is 1.40 bits per heavy atom. The van der Waals surface area contributed by atoms with Crippen LogP contribution in [0.1, 0.15) is 10.4 Å². The van der Waals surface area contributed by atoms with Gasteiger partial charge in [-0.2, -0.15) is 5.10 Å². The lowest BCUT2D eigenvalue weighted by Gasteiger charge is -2.06. The lowest BCUT2D eigenvalue weighted by Crippen LogP contribution is -2.14. The van der Waals surface area contributed by atoms with E-state index in [1.807, 2.05) is 0 Å². The van der Waals surface area contributed by atoms with E-state index in [1.165, 1.54) is 23.0 Å². The van der Waals surface area contributed by atoms with Crippen molar-refractivity contribution >= 4 is 23.0 Å². The van der Waals surface area contributed by atoms with Crippen molar-refractivity contribution in [2.45, 2.75) is 0 Å². The molecule has 1 amide bonds. The highest BCUT2D eigenvalue weighted by atomic mass is 16.6. The number of hydrogen-bond donors (Lipinski definition) is 2. The standard InChI is InChI=1S/C12H13N5O3/c1-13-8-3-4-11(17(19)20)10(5-8)12(18)15-9-6-14-16(2)7-9/h3-7,13H,1-2H3,(H,15,18). The van der Waals surface area contributed by atoms with Crippen molar-refractivity contribution in [3.63, 3.8) is 0 Å². The Labute approximate surface area is 114 Å². The average Bonchev–Trinajstić information content (AvgIpc) is 2.83. The summed E-state index contributed by atoms with van der Waals surface area (Å²) in [7, 11) is 3.38. The first kappa shape index (κ1) is 13.5. The van der Waals surface area contributed by atoms with Crippen molar-refractivity contribution in [2.75, 3.05) is 17.7 Å². The predicted molar refractivity (Wildman–Crippen MR) is 73.8 cm³/mol. The molecule has 0 unspecified atom stereocenters. The summed E-state index contributed by atoms with van der Waals surface area (Å²) in [5.74, 6) is -0.554. The fraction of sp³-hybridized carbons (Fsp3) is 0.167. The smallest absolute Gasteiger partial charge is 0.282 e. The summed E-state index contributed by atoms with van der Waals surface area (Å²) >= 11 is 0. The van der Waals surface area contributed by atoms with Gasteiger partial charge >= 0.3 is 0 Å². The number of hydrogen-bond acceptors (Lipinski definition) is 5. The molecule has 2 aromatic rings. The molecule has 0 aliphatic carbocycles. The van der Waals surface area contributed by atoms with Crippen molar-refractivity contribution < 1.29 is 9.72 Å². The van der Waals surface area contributed by atoms with Gasteiger partial charge in [0.05, 0.1) is 16.8 Å². The van der Waals surface area contributed by atoms with Crippen LogP contribution in [0, 0.1) is 10.1 Å². The van der Waals surface area contributed by atoms with Gasteiger partial charge in [-0.3, -0.25) is 19.6 Å². The van der Waals surface area contributed by atoms with E-state index in [1.54, 1.807) is 26.4 Å². The van der Waals surface area contributed by atoms with E-state index in [0.717, 1.165) is 0 Å². The molecule has 0 aliphatic rings. The second-order valence-corrected chi connectivity index (χ2v) is 4.10. The van der Waals surface area contributed by atoms with Gasteiger partial charge in [0.15, 0.2) is 0 Å². The minimum atomic E-state index is -0.586. The van der Waals surface area contributed by atoms with Crippen molar-refractivity contribution in [3.05, 3.63) is 46.3 Å². The summed E-state index contributed by atoms with van der Waals surface area (Å²) in [5.41, 5.74) is 0.838. The molecule has 0 fully saturated rings. The van der Waals surface area contributed by atoms with Gasteiger partial charge < -0.3 is 10.6 Å². The summed E-state index contributed by atoms with van der Waals surface area (Å²) in [6, 6.07) is 4.27. The Balaban J connectivity index is 2.34. The molecule has 2 N–H and O–H groups in total. The molecule has 0 saturated heterocycles. The Bertz CT molecular complexity index is 665. The summed E-state index contributed by atoms with van der Waals surface area (Å²) < 4.78 is 1.52. The zero-order chi connectivity index (χ0) is 14.7. The van der Waals surface area contributed by atoms with E-state index in [4.69, 9.17) is 0 Å². The number of nitrogens with zero attached hydrogens (tertiary/aromatic N) is 3. The zero-order valence-electron chi connectivity index (χ0n) is 11.0. The Hall–Kier alpha value is -2.90. The lowest BCUT2D eigenvalue weighted by molar-refractivity contribution is -0.385. The van der Waals surface area contributed by atoms with Crippen LogP contribution in [0.5, 0.6) is 0 Å². The number of amides is 1. The van der Waals surface area contributed by atoms with Gasteiger partial charge in [-0.15, -0.1) is 0 Å². The molecule has 2 rings (SSSR count). The molecule has 0 atom stereocenters. The van der Waals surface area contributed by atoms with Crippen LogP contribution in [-0.4, -0.2) is 27.7 Å². The number of aromatic nitrogens is 2. The third-order valence-corrected chi connectivity index (χ3v) is 2.69. The molecule has 0 saturated carbocycles. The van der Waals surface area contributed by atoms with Gasteiger partial charge in [0.2, 0.25) is 0 Å². The van der Waals surface area contributed by atoms with Crippen LogP contribution < -0.4 is 10.6 Å². The highest BCUT2D eigenvalue weighted by molar-refractivity contribution is 6.07. The largest absolute Gasteiger partial charge is 0.388 e. The SMILES string of the molecule is CNc1ccc([N+](=O)[O-])c(C(=O)Nc2cnn(C)c2)c1. The first-order valence-corrected chi connectivity index (χ1v) is 5.77. The maximum atomic E-state index is 12.1. The van der Waals surface area contributed by atoms with Crippen LogP contribution in [0.15, 0.2) is 30.6 Å². The van der Waals surface area contributed by atoms with Crippen molar-refractivity contribution in [3.8, 4) is 0 Å². The average molecular weight is 275 g/mol. The number of anilines is 2. The third-order valence-electron chi connectivity index (χ3n) is 2.69. The van der Waals surface area contributed by atoms with E-state index >= 15 is 0 Å². The number of benzene rings is 1. The van der Waals surface area contributed by atoms with Gasteiger partial charge in [-0.1, -0.05) is 0 Å². The number of aryl methyl sites for hydroxylation is 1. The molecule has 0 spiro atoms. The van der Waals surface area contributed by atoms with Gasteiger partial charge in [-0.05, 0) is 12.1 Å². The number of nitrogens with one attached hydrogen (secondary N) is 2. The van der Waals surface area contributed by atoms with Gasteiger partial charge in [-0.25, -0.2) is 0 Å². The monoisotopic (exact) mass is 275 g/mol. The van der Waals surface area contributed by atoms with Crippen molar-refractivity contribution in [2.24, 2.45) is 7.05 Å². The van der Waals surface area contributed by atoms with E-state index in [9.17, 15) is 14.9 Å². The second kappa shape index (κ2) is 5.39. The third kappa shape index (κ3) is 2.74. The molecular weight excluding hydrogens is 262 g/mol. The van der Waals surface area contributed by atoms with Crippen molar-refractivity contribution in [1.82, 2.24) is 9.78 Å². The first-order chi connectivity index (χ1) is 9.51. The number of nitro groups is 1. The molecule has 1 aromatic heterocycles. The molecule has 20 heavy (non-hydrogen) atoms. The fourth-order valence-electron chi connectivity index (χ4n) is 1.72. The molecule has 104 valence electrons. The number of rotatable bonds is 4. The Morgan fingerprint density at radius 3 is 2.70 bits per heavy atom. The predicted octanol–water partition coefficient (Wildman–Crippen LogP) is 1.62. The quantitative estimate of drug-likeness (QED) is 0.652. The minimum absolute atomic E-state index is 0.00861. The number of carbonyl (C=O) groups is 1. The number of carbonyl (C=O) groups excluding carboxylic acids is 1. The maximum Gasteiger partial charge on any atom is 0.282 e. The van der Waals surface area contributed by atoms with Crippen LogP contribution in [0.4, 0.5) is 17.1 Å². The van der Waals surface area contributed by atoms with Gasteiger partial charge in [0, 0.05) is 32.0 Å². The molecule has 1 heterocycles. The fourth-order valence-corrected chi connectivity index (χ4v) is 1.72. The van der Waals surface area contributed by atoms with E-state index < -0.39 is 10.8 Å². The minimum Gasteiger partial charge on any atom is -0.388 e. The highest BCUT2D eigenvalue weighted by Crippen LogP contribution is 2.23. The van der Waals surface area contributed by atoms with E-state index in [2.05, 4.69) is 15.7 Å². The maximum absolute atomic E-state index is 12.1. The second-order valence-electron chi connectivity index (χ2n) is 4.10. The zero-order valence-corrected chi connectivity index (χ0v) is 11.0. The Kier molecular flexibility index (Phi) is 3.65. The summed E-state index contributed by atoms with van der Waals surface area (Å²) in [4.78, 5) is 22.5. The molecular formula is C12H13N5O3. The normalized spacial score (nSPS) is 10.1. The lowest BCUT2D eigenvalue weighted by atomic mass is 10.1. The van der Waals surface area contributed by atoms with Crippen LogP contribution in [0.25, 0.3) is 0 Å². The molecule has 0 bridgehead atoms. The van der Waals surface area contributed by atoms with Crippen LogP contribution >= 0.6 is 0 Å². The topological polar surface area (TPSA) is 102 Å². The van der Waals surface area contributed by atoms with E-state index in [-0.39, 0.29) is 11.3 Å². The molecule has 0 radical (unpaired) electrons. The van der Waals surface area contributed by atoms with Crippen LogP contribution in [0.3, 0.4) is 0 Å². The van der Waals surface area contributed by atoms with Crippen LogP contribution in [0.2, 0.25) is 0 Å². The molecule has 0 aliphatic heterocycles.